The van der Waals surface area contributed by atoms with E-state index in [0.29, 0.717) is 5.88 Å². The fraction of sp³-hybridized carbons (Fsp3) is 0.235. The summed E-state index contributed by atoms with van der Waals surface area (Å²) in [4.78, 5) is 4.62. The normalized spacial score (nSPS) is 11.0. The van der Waals surface area contributed by atoms with Gasteiger partial charge in [-0.15, -0.1) is 11.6 Å². The van der Waals surface area contributed by atoms with Gasteiger partial charge in [-0.05, 0) is 24.1 Å². The van der Waals surface area contributed by atoms with E-state index in [0.717, 1.165) is 35.6 Å². The number of fused-ring (bicyclic) bond motifs is 1. The number of benzene rings is 2. The Bertz CT molecular complexity index is 737. The molecule has 0 fully saturated rings. The molecule has 0 saturated heterocycles. The van der Waals surface area contributed by atoms with Crippen molar-refractivity contribution in [2.75, 3.05) is 7.11 Å². The molecule has 0 aliphatic heterocycles. The number of imidazole rings is 1. The van der Waals surface area contributed by atoms with Gasteiger partial charge in [-0.2, -0.15) is 0 Å². The largest absolute Gasteiger partial charge is 0.494 e. The SMILES string of the molecule is COc1cccc2c1nc(CCl)n2CCc1ccccc1. The molecule has 1 aromatic heterocycles. The third-order valence-corrected chi connectivity index (χ3v) is 3.87. The molecule has 0 unspecified atom stereocenters. The molecule has 2 aromatic carbocycles. The Morgan fingerprint density at radius 1 is 1.10 bits per heavy atom. The second kappa shape index (κ2) is 6.19. The summed E-state index contributed by atoms with van der Waals surface area (Å²) < 4.78 is 7.56. The van der Waals surface area contributed by atoms with Gasteiger partial charge in [0.2, 0.25) is 0 Å². The maximum absolute atomic E-state index is 6.06. The van der Waals surface area contributed by atoms with Crippen LogP contribution in [0.1, 0.15) is 11.4 Å². The molecule has 21 heavy (non-hydrogen) atoms. The van der Waals surface area contributed by atoms with Gasteiger partial charge in [0.25, 0.3) is 0 Å². The van der Waals surface area contributed by atoms with E-state index in [4.69, 9.17) is 16.3 Å². The Morgan fingerprint density at radius 3 is 2.62 bits per heavy atom. The lowest BCUT2D eigenvalue weighted by Gasteiger charge is -2.08. The van der Waals surface area contributed by atoms with Gasteiger partial charge in [-0.3, -0.25) is 0 Å². The van der Waals surface area contributed by atoms with Gasteiger partial charge in [0.05, 0.1) is 18.5 Å². The standard InChI is InChI=1S/C17H17ClN2O/c1-21-15-9-5-8-14-17(15)19-16(12-18)20(14)11-10-13-6-3-2-4-7-13/h2-9H,10-12H2,1H3. The van der Waals surface area contributed by atoms with Crippen LogP contribution in [0.4, 0.5) is 0 Å². The molecule has 0 atom stereocenters. The topological polar surface area (TPSA) is 27.1 Å². The van der Waals surface area contributed by atoms with Crippen molar-refractivity contribution in [1.82, 2.24) is 9.55 Å². The molecule has 0 saturated carbocycles. The molecular formula is C17H17ClN2O. The summed E-state index contributed by atoms with van der Waals surface area (Å²) >= 11 is 6.06. The van der Waals surface area contributed by atoms with E-state index in [2.05, 4.69) is 39.9 Å². The first-order valence-electron chi connectivity index (χ1n) is 6.95. The molecule has 3 nitrogen and oxygen atoms in total. The molecule has 0 amide bonds. The summed E-state index contributed by atoms with van der Waals surface area (Å²) in [7, 11) is 1.66. The quantitative estimate of drug-likeness (QED) is 0.665. The lowest BCUT2D eigenvalue weighted by atomic mass is 10.1. The molecule has 108 valence electrons. The minimum atomic E-state index is 0.395. The zero-order valence-electron chi connectivity index (χ0n) is 11.9. The number of methoxy groups -OCH3 is 1. The van der Waals surface area contributed by atoms with Crippen LogP contribution in [0.25, 0.3) is 11.0 Å². The number of para-hydroxylation sites is 1. The second-order valence-corrected chi connectivity index (χ2v) is 5.14. The zero-order chi connectivity index (χ0) is 14.7. The van der Waals surface area contributed by atoms with Crippen molar-refractivity contribution < 1.29 is 4.74 Å². The first kappa shape index (κ1) is 14.0. The third kappa shape index (κ3) is 2.74. The number of aromatic nitrogens is 2. The summed E-state index contributed by atoms with van der Waals surface area (Å²) in [5.74, 6) is 2.07. The highest BCUT2D eigenvalue weighted by atomic mass is 35.5. The molecule has 0 aliphatic rings. The number of hydrogen-bond acceptors (Lipinski definition) is 2. The number of aryl methyl sites for hydroxylation is 2. The van der Waals surface area contributed by atoms with Crippen molar-refractivity contribution in [3.8, 4) is 5.75 Å². The predicted octanol–water partition coefficient (Wildman–Crippen LogP) is 4.03. The third-order valence-electron chi connectivity index (χ3n) is 3.63. The van der Waals surface area contributed by atoms with Crippen LogP contribution < -0.4 is 4.74 Å². The lowest BCUT2D eigenvalue weighted by molar-refractivity contribution is 0.419. The molecule has 0 aliphatic carbocycles. The van der Waals surface area contributed by atoms with Gasteiger partial charge < -0.3 is 9.30 Å². The van der Waals surface area contributed by atoms with Crippen molar-refractivity contribution in [3.05, 3.63) is 59.9 Å². The van der Waals surface area contributed by atoms with E-state index < -0.39 is 0 Å². The Balaban J connectivity index is 1.97. The molecule has 0 bridgehead atoms. The number of ether oxygens (including phenoxy) is 1. The van der Waals surface area contributed by atoms with Crippen molar-refractivity contribution in [2.24, 2.45) is 0 Å². The molecule has 0 radical (unpaired) electrons. The van der Waals surface area contributed by atoms with Gasteiger partial charge in [0, 0.05) is 6.54 Å². The second-order valence-electron chi connectivity index (χ2n) is 4.88. The molecule has 3 rings (SSSR count). The smallest absolute Gasteiger partial charge is 0.146 e. The predicted molar refractivity (Wildman–Crippen MR) is 86.0 cm³/mol. The van der Waals surface area contributed by atoms with E-state index in [1.54, 1.807) is 7.11 Å². The minimum absolute atomic E-state index is 0.395. The molecule has 0 spiro atoms. The summed E-state index contributed by atoms with van der Waals surface area (Å²) in [5.41, 5.74) is 3.26. The first-order chi connectivity index (χ1) is 10.3. The van der Waals surface area contributed by atoms with Gasteiger partial charge in [0.15, 0.2) is 0 Å². The van der Waals surface area contributed by atoms with Gasteiger partial charge in [-0.25, -0.2) is 4.98 Å². The number of hydrogen-bond donors (Lipinski definition) is 0. The van der Waals surface area contributed by atoms with Crippen LogP contribution in [-0.2, 0) is 18.8 Å². The highest BCUT2D eigenvalue weighted by Crippen LogP contribution is 2.26. The summed E-state index contributed by atoms with van der Waals surface area (Å²) in [6.07, 6.45) is 0.952. The number of rotatable bonds is 5. The number of nitrogens with zero attached hydrogens (tertiary/aromatic N) is 2. The fourth-order valence-corrected chi connectivity index (χ4v) is 2.78. The van der Waals surface area contributed by atoms with Crippen molar-refractivity contribution >= 4 is 22.6 Å². The summed E-state index contributed by atoms with van der Waals surface area (Å²) in [5, 5.41) is 0. The first-order valence-corrected chi connectivity index (χ1v) is 7.49. The van der Waals surface area contributed by atoms with Crippen LogP contribution in [0.3, 0.4) is 0 Å². The van der Waals surface area contributed by atoms with E-state index >= 15 is 0 Å². The molecule has 0 N–H and O–H groups in total. The Kier molecular flexibility index (Phi) is 4.11. The Labute approximate surface area is 129 Å². The van der Waals surface area contributed by atoms with Crippen molar-refractivity contribution in [2.45, 2.75) is 18.8 Å². The molecule has 3 aromatic rings. The number of halogens is 1. The van der Waals surface area contributed by atoms with Gasteiger partial charge >= 0.3 is 0 Å². The zero-order valence-corrected chi connectivity index (χ0v) is 12.7. The average Bonchev–Trinajstić information content (AvgIpc) is 2.91. The minimum Gasteiger partial charge on any atom is -0.494 e. The lowest BCUT2D eigenvalue weighted by Crippen LogP contribution is -2.05. The molecule has 1 heterocycles. The van der Waals surface area contributed by atoms with E-state index in [1.165, 1.54) is 5.56 Å². The van der Waals surface area contributed by atoms with Crippen LogP contribution in [0, 0.1) is 0 Å². The highest BCUT2D eigenvalue weighted by Gasteiger charge is 2.13. The maximum Gasteiger partial charge on any atom is 0.146 e. The van der Waals surface area contributed by atoms with Gasteiger partial charge in [-0.1, -0.05) is 36.4 Å². The summed E-state index contributed by atoms with van der Waals surface area (Å²) in [6.45, 7) is 0.857. The maximum atomic E-state index is 6.06. The Hall–Kier alpha value is -2.00. The molecular weight excluding hydrogens is 284 g/mol. The van der Waals surface area contributed by atoms with Crippen LogP contribution in [-0.4, -0.2) is 16.7 Å². The van der Waals surface area contributed by atoms with E-state index in [9.17, 15) is 0 Å². The average molecular weight is 301 g/mol. The fourth-order valence-electron chi connectivity index (χ4n) is 2.57. The van der Waals surface area contributed by atoms with E-state index in [1.807, 2.05) is 18.2 Å². The van der Waals surface area contributed by atoms with Crippen LogP contribution in [0.5, 0.6) is 5.75 Å². The van der Waals surface area contributed by atoms with Crippen LogP contribution in [0.15, 0.2) is 48.5 Å². The Morgan fingerprint density at radius 2 is 1.90 bits per heavy atom. The monoisotopic (exact) mass is 300 g/mol. The van der Waals surface area contributed by atoms with E-state index in [-0.39, 0.29) is 0 Å². The number of alkyl halides is 1. The highest BCUT2D eigenvalue weighted by molar-refractivity contribution is 6.16. The van der Waals surface area contributed by atoms with Crippen molar-refractivity contribution in [1.29, 1.82) is 0 Å². The van der Waals surface area contributed by atoms with Crippen LogP contribution >= 0.6 is 11.6 Å². The molecule has 4 heteroatoms. The summed E-state index contributed by atoms with van der Waals surface area (Å²) in [6, 6.07) is 16.4. The van der Waals surface area contributed by atoms with Gasteiger partial charge in [0.1, 0.15) is 17.1 Å². The van der Waals surface area contributed by atoms with Crippen molar-refractivity contribution in [3.63, 3.8) is 0 Å². The van der Waals surface area contributed by atoms with Crippen LogP contribution in [0.2, 0.25) is 0 Å².